The molecule has 0 aliphatic rings. The largest absolute Gasteiger partial charge is 0.478 e. The number of carboxylic acids is 1. The average molecular weight is 180 g/mol. The minimum Gasteiger partial charge on any atom is -0.478 e. The number of rotatable bonds is 1. The molecule has 0 spiro atoms. The summed E-state index contributed by atoms with van der Waals surface area (Å²) in [6.07, 6.45) is 0. The van der Waals surface area contributed by atoms with Crippen LogP contribution >= 0.6 is 0 Å². The van der Waals surface area contributed by atoms with Gasteiger partial charge in [-0.15, -0.1) is 0 Å². The summed E-state index contributed by atoms with van der Waals surface area (Å²) >= 11 is 0. The number of hydrogen-bond acceptors (Lipinski definition) is 1. The van der Waals surface area contributed by atoms with E-state index in [1.165, 1.54) is 0 Å². The van der Waals surface area contributed by atoms with Gasteiger partial charge in [0.1, 0.15) is 0 Å². The van der Waals surface area contributed by atoms with Crippen molar-refractivity contribution in [2.24, 2.45) is 0 Å². The van der Waals surface area contributed by atoms with E-state index < -0.39 is 5.97 Å². The van der Waals surface area contributed by atoms with E-state index in [4.69, 9.17) is 5.11 Å². The second-order valence-corrected chi connectivity index (χ2v) is 2.62. The van der Waals surface area contributed by atoms with Crippen LogP contribution in [-0.2, 0) is 0 Å². The Labute approximate surface area is 82.4 Å². The smallest absolute Gasteiger partial charge is 0.335 e. The molecule has 1 aromatic rings. The van der Waals surface area contributed by atoms with Crippen molar-refractivity contribution in [1.82, 2.24) is 0 Å². The molecular weight excluding hydrogens is 167 g/mol. The summed E-state index contributed by atoms with van der Waals surface area (Å²) in [5.41, 5.74) is 2.18. The van der Waals surface area contributed by atoms with Crippen LogP contribution in [0.25, 0.3) is 0 Å². The maximum atomic E-state index is 10.6. The third-order valence-electron chi connectivity index (χ3n) is 1.62. The van der Waals surface area contributed by atoms with Crippen LogP contribution in [0.2, 0.25) is 0 Å². The van der Waals surface area contributed by atoms with E-state index in [9.17, 15) is 4.79 Å². The minimum absolute atomic E-state index is 0. The summed E-state index contributed by atoms with van der Waals surface area (Å²) < 4.78 is 0. The van der Waals surface area contributed by atoms with Crippen molar-refractivity contribution in [1.29, 1.82) is 0 Å². The number of carbonyl (C=O) groups is 1. The molecule has 0 aliphatic heterocycles. The van der Waals surface area contributed by atoms with Gasteiger partial charge in [-0.2, -0.15) is 0 Å². The second-order valence-electron chi connectivity index (χ2n) is 2.62. The molecule has 0 aliphatic carbocycles. The Morgan fingerprint density at radius 2 is 1.92 bits per heavy atom. The molecule has 2 nitrogen and oxygen atoms in total. The highest BCUT2D eigenvalue weighted by atomic mass is 27.0. The molecule has 0 radical (unpaired) electrons. The molecule has 1 rings (SSSR count). The Hall–Kier alpha value is -0.778. The third-order valence-corrected chi connectivity index (χ3v) is 1.62. The van der Waals surface area contributed by atoms with E-state index in [1.807, 2.05) is 19.1 Å². The topological polar surface area (TPSA) is 37.3 Å². The van der Waals surface area contributed by atoms with Gasteiger partial charge in [-0.1, -0.05) is 17.7 Å². The molecule has 0 amide bonds. The lowest BCUT2D eigenvalue weighted by Gasteiger charge is -2.00. The predicted molar refractivity (Wildman–Crippen MR) is 52.8 cm³/mol. The monoisotopic (exact) mass is 180 g/mol. The van der Waals surface area contributed by atoms with Gasteiger partial charge in [0, 0.05) is 0 Å². The Bertz CT molecular complexity index is 295. The highest BCUT2D eigenvalue weighted by Gasteiger charge is 2.05. The van der Waals surface area contributed by atoms with Gasteiger partial charge >= 0.3 is 5.97 Å². The van der Waals surface area contributed by atoms with Crippen LogP contribution in [-0.4, -0.2) is 28.4 Å². The number of benzene rings is 1. The lowest BCUT2D eigenvalue weighted by molar-refractivity contribution is 0.0696. The summed E-state index contributed by atoms with van der Waals surface area (Å²) in [6.45, 7) is 3.68. The quantitative estimate of drug-likeness (QED) is 0.649. The fraction of sp³-hybridized carbons (Fsp3) is 0.222. The molecule has 3 heteroatoms. The zero-order valence-corrected chi connectivity index (χ0v) is 6.59. The highest BCUT2D eigenvalue weighted by molar-refractivity contribution is 5.89. The zero-order chi connectivity index (χ0) is 8.43. The Morgan fingerprint density at radius 1 is 1.33 bits per heavy atom. The standard InChI is InChI=1S/C9H10O2.Al.3H/c1-6-3-4-7(2)8(5-6)9(10)11;;;;/h3-5H,1-2H3,(H,10,11);;;;. The van der Waals surface area contributed by atoms with Crippen molar-refractivity contribution >= 4 is 23.3 Å². The van der Waals surface area contributed by atoms with Gasteiger partial charge in [-0.05, 0) is 25.5 Å². The summed E-state index contributed by atoms with van der Waals surface area (Å²) in [6, 6.07) is 5.40. The van der Waals surface area contributed by atoms with Gasteiger partial charge < -0.3 is 5.11 Å². The number of aryl methyl sites for hydroxylation is 2. The highest BCUT2D eigenvalue weighted by Crippen LogP contribution is 2.09. The maximum absolute atomic E-state index is 10.6. The van der Waals surface area contributed by atoms with Crippen molar-refractivity contribution in [2.45, 2.75) is 13.8 Å². The first kappa shape index (κ1) is 11.2. The van der Waals surface area contributed by atoms with E-state index in [0.29, 0.717) is 5.56 Å². The van der Waals surface area contributed by atoms with Crippen LogP contribution in [0.4, 0.5) is 0 Å². The molecule has 0 bridgehead atoms. The van der Waals surface area contributed by atoms with E-state index in [-0.39, 0.29) is 17.4 Å². The predicted octanol–water partition coefficient (Wildman–Crippen LogP) is 0.818. The van der Waals surface area contributed by atoms with Crippen LogP contribution in [0.5, 0.6) is 0 Å². The number of hydrogen-bond donors (Lipinski definition) is 1. The Kier molecular flexibility index (Phi) is 4.02. The summed E-state index contributed by atoms with van der Waals surface area (Å²) in [5.74, 6) is -0.855. The SMILES string of the molecule is Cc1ccc(C)c(C(=O)O)c1.[AlH3]. The average Bonchev–Trinajstić information content (AvgIpc) is 1.94. The maximum Gasteiger partial charge on any atom is 0.335 e. The van der Waals surface area contributed by atoms with Gasteiger partial charge in [0.25, 0.3) is 0 Å². The van der Waals surface area contributed by atoms with Crippen molar-refractivity contribution < 1.29 is 9.90 Å². The third kappa shape index (κ3) is 2.37. The normalized spacial score (nSPS) is 8.83. The summed E-state index contributed by atoms with van der Waals surface area (Å²) in [5, 5.41) is 8.69. The molecule has 12 heavy (non-hydrogen) atoms. The first-order valence-corrected chi connectivity index (χ1v) is 3.42. The van der Waals surface area contributed by atoms with Crippen LogP contribution < -0.4 is 0 Å². The van der Waals surface area contributed by atoms with Gasteiger partial charge in [0.15, 0.2) is 17.4 Å². The molecule has 1 N–H and O–H groups in total. The molecule has 64 valence electrons. The summed E-state index contributed by atoms with van der Waals surface area (Å²) in [7, 11) is 0. The Balaban J connectivity index is 0.00000121. The van der Waals surface area contributed by atoms with Crippen molar-refractivity contribution in [3.63, 3.8) is 0 Å². The first-order chi connectivity index (χ1) is 5.11. The van der Waals surface area contributed by atoms with Crippen LogP contribution in [0, 0.1) is 13.8 Å². The second kappa shape index (κ2) is 4.30. The van der Waals surface area contributed by atoms with Crippen molar-refractivity contribution in [2.75, 3.05) is 0 Å². The fourth-order valence-corrected chi connectivity index (χ4v) is 0.966. The molecule has 0 fully saturated rings. The molecule has 0 saturated carbocycles. The molecule has 0 atom stereocenters. The lowest BCUT2D eigenvalue weighted by Crippen LogP contribution is -1.99. The minimum atomic E-state index is -0.855. The van der Waals surface area contributed by atoms with E-state index >= 15 is 0 Å². The number of aromatic carboxylic acids is 1. The van der Waals surface area contributed by atoms with E-state index in [2.05, 4.69) is 0 Å². The van der Waals surface area contributed by atoms with Crippen LogP contribution in [0.3, 0.4) is 0 Å². The van der Waals surface area contributed by atoms with Crippen molar-refractivity contribution in [3.8, 4) is 0 Å². The zero-order valence-electron chi connectivity index (χ0n) is 6.59. The van der Waals surface area contributed by atoms with E-state index in [1.54, 1.807) is 13.0 Å². The molecule has 0 saturated heterocycles. The molecule has 0 aromatic heterocycles. The molecule has 1 aromatic carbocycles. The van der Waals surface area contributed by atoms with Gasteiger partial charge in [-0.25, -0.2) is 4.79 Å². The van der Waals surface area contributed by atoms with Gasteiger partial charge in [0.2, 0.25) is 0 Å². The molecule has 0 heterocycles. The molecular formula is C9H13AlO2. The number of carboxylic acid groups (broad SMARTS) is 1. The fourth-order valence-electron chi connectivity index (χ4n) is 0.966. The molecule has 0 unspecified atom stereocenters. The van der Waals surface area contributed by atoms with Crippen LogP contribution in [0.1, 0.15) is 21.5 Å². The van der Waals surface area contributed by atoms with Gasteiger partial charge in [-0.3, -0.25) is 0 Å². The first-order valence-electron chi connectivity index (χ1n) is 3.42. The lowest BCUT2D eigenvalue weighted by atomic mass is 10.1. The Morgan fingerprint density at radius 3 is 2.33 bits per heavy atom. The van der Waals surface area contributed by atoms with Crippen LogP contribution in [0.15, 0.2) is 18.2 Å². The summed E-state index contributed by atoms with van der Waals surface area (Å²) in [4.78, 5) is 10.6. The van der Waals surface area contributed by atoms with Crippen molar-refractivity contribution in [3.05, 3.63) is 34.9 Å². The van der Waals surface area contributed by atoms with E-state index in [0.717, 1.165) is 11.1 Å². The van der Waals surface area contributed by atoms with Gasteiger partial charge in [0.05, 0.1) is 5.56 Å².